The minimum absolute atomic E-state index is 0.0158. The van der Waals surface area contributed by atoms with Crippen molar-refractivity contribution in [1.82, 2.24) is 0 Å². The molecular formula is C13H20O2. The van der Waals surface area contributed by atoms with Gasteiger partial charge in [0.1, 0.15) is 6.61 Å². The summed E-state index contributed by atoms with van der Waals surface area (Å²) in [6.45, 7) is 4.01. The number of carbonyl (C=O) groups is 1. The molecule has 1 aliphatic carbocycles. The highest BCUT2D eigenvalue weighted by Gasteiger charge is 2.21. The number of ether oxygens (including phenoxy) is 1. The highest BCUT2D eigenvalue weighted by molar-refractivity contribution is 5.72. The number of rotatable bonds is 5. The molecule has 2 nitrogen and oxygen atoms in total. The predicted molar refractivity (Wildman–Crippen MR) is 61.5 cm³/mol. The monoisotopic (exact) mass is 208 g/mol. The lowest BCUT2D eigenvalue weighted by Gasteiger charge is -2.19. The Hall–Kier alpha value is -1.05. The third kappa shape index (κ3) is 4.82. The van der Waals surface area contributed by atoms with Crippen molar-refractivity contribution in [2.45, 2.75) is 38.5 Å². The minimum Gasteiger partial charge on any atom is -0.461 e. The Balaban J connectivity index is 2.14. The maximum atomic E-state index is 11.6. The van der Waals surface area contributed by atoms with E-state index in [4.69, 9.17) is 4.74 Å². The molecule has 0 atom stereocenters. The van der Waals surface area contributed by atoms with Crippen LogP contribution >= 0.6 is 0 Å². The fraction of sp³-hybridized carbons (Fsp3) is 0.615. The van der Waals surface area contributed by atoms with Crippen LogP contribution < -0.4 is 0 Å². The average molecular weight is 208 g/mol. The summed E-state index contributed by atoms with van der Waals surface area (Å²) in [5.41, 5.74) is 0. The van der Waals surface area contributed by atoms with Crippen LogP contribution in [-0.2, 0) is 9.53 Å². The summed E-state index contributed by atoms with van der Waals surface area (Å²) in [7, 11) is 0. The first-order valence-electron chi connectivity index (χ1n) is 5.77. The fourth-order valence-corrected chi connectivity index (χ4v) is 1.85. The summed E-state index contributed by atoms with van der Waals surface area (Å²) >= 11 is 0. The molecule has 84 valence electrons. The van der Waals surface area contributed by atoms with Gasteiger partial charge in [0.05, 0.1) is 5.92 Å². The zero-order chi connectivity index (χ0) is 10.9. The smallest absolute Gasteiger partial charge is 0.309 e. The summed E-state index contributed by atoms with van der Waals surface area (Å²) in [6.07, 6.45) is 12.1. The van der Waals surface area contributed by atoms with Crippen LogP contribution in [0.1, 0.15) is 38.5 Å². The summed E-state index contributed by atoms with van der Waals surface area (Å²) in [5, 5.41) is 0. The van der Waals surface area contributed by atoms with Gasteiger partial charge >= 0.3 is 5.97 Å². The molecule has 0 heterocycles. The molecule has 1 rings (SSSR count). The van der Waals surface area contributed by atoms with Gasteiger partial charge in [0, 0.05) is 0 Å². The highest BCUT2D eigenvalue weighted by Crippen LogP contribution is 2.24. The van der Waals surface area contributed by atoms with Crippen LogP contribution in [0.5, 0.6) is 0 Å². The topological polar surface area (TPSA) is 26.3 Å². The Morgan fingerprint density at radius 1 is 1.27 bits per heavy atom. The van der Waals surface area contributed by atoms with Gasteiger partial charge in [-0.25, -0.2) is 0 Å². The zero-order valence-electron chi connectivity index (χ0n) is 9.28. The van der Waals surface area contributed by atoms with E-state index in [-0.39, 0.29) is 11.9 Å². The molecule has 0 amide bonds. The second-order valence-corrected chi connectivity index (χ2v) is 3.96. The first-order chi connectivity index (χ1) is 7.34. The largest absolute Gasteiger partial charge is 0.461 e. The molecule has 0 saturated heterocycles. The lowest BCUT2D eigenvalue weighted by Crippen LogP contribution is -2.20. The summed E-state index contributed by atoms with van der Waals surface area (Å²) in [5.74, 6) is 0.143. The second kappa shape index (κ2) is 7.27. The molecule has 0 N–H and O–H groups in total. The summed E-state index contributed by atoms with van der Waals surface area (Å²) in [4.78, 5) is 11.6. The van der Waals surface area contributed by atoms with Crippen molar-refractivity contribution in [3.05, 3.63) is 24.8 Å². The lowest BCUT2D eigenvalue weighted by atomic mass is 9.89. The van der Waals surface area contributed by atoms with Crippen molar-refractivity contribution in [2.24, 2.45) is 5.92 Å². The quantitative estimate of drug-likeness (QED) is 0.512. The van der Waals surface area contributed by atoms with Crippen molar-refractivity contribution >= 4 is 5.97 Å². The Morgan fingerprint density at radius 2 is 2.00 bits per heavy atom. The Kier molecular flexibility index (Phi) is 5.83. The van der Waals surface area contributed by atoms with E-state index in [9.17, 15) is 4.79 Å². The van der Waals surface area contributed by atoms with Gasteiger partial charge in [0.2, 0.25) is 0 Å². The van der Waals surface area contributed by atoms with Gasteiger partial charge in [-0.1, -0.05) is 37.5 Å². The molecule has 1 saturated carbocycles. The predicted octanol–water partition coefficient (Wildman–Crippen LogP) is 3.24. The third-order valence-electron chi connectivity index (χ3n) is 2.73. The van der Waals surface area contributed by atoms with Crippen LogP contribution in [0.25, 0.3) is 0 Å². The van der Waals surface area contributed by atoms with E-state index in [1.807, 2.05) is 18.2 Å². The van der Waals surface area contributed by atoms with Crippen molar-refractivity contribution in [3.8, 4) is 0 Å². The average Bonchev–Trinajstić information content (AvgIpc) is 2.30. The molecule has 0 radical (unpaired) electrons. The third-order valence-corrected chi connectivity index (χ3v) is 2.73. The molecule has 0 aromatic rings. The van der Waals surface area contributed by atoms with Gasteiger partial charge in [0.15, 0.2) is 0 Å². The van der Waals surface area contributed by atoms with Crippen LogP contribution in [0.15, 0.2) is 24.8 Å². The molecular weight excluding hydrogens is 188 g/mol. The van der Waals surface area contributed by atoms with Crippen LogP contribution in [0.2, 0.25) is 0 Å². The molecule has 15 heavy (non-hydrogen) atoms. The van der Waals surface area contributed by atoms with Gasteiger partial charge in [-0.05, 0) is 19.3 Å². The standard InChI is InChI=1S/C13H20O2/c1-2-3-4-8-11-15-13(14)12-9-6-5-7-10-12/h2,4,8,12H,1,3,5-7,9-11H2/b8-4+. The normalized spacial score (nSPS) is 17.9. The van der Waals surface area contributed by atoms with Crippen molar-refractivity contribution in [1.29, 1.82) is 0 Å². The van der Waals surface area contributed by atoms with Gasteiger partial charge < -0.3 is 4.74 Å². The summed E-state index contributed by atoms with van der Waals surface area (Å²) in [6, 6.07) is 0. The van der Waals surface area contributed by atoms with E-state index in [1.165, 1.54) is 19.3 Å². The minimum atomic E-state index is -0.0158. The van der Waals surface area contributed by atoms with E-state index in [2.05, 4.69) is 6.58 Å². The van der Waals surface area contributed by atoms with Crippen LogP contribution in [0.3, 0.4) is 0 Å². The highest BCUT2D eigenvalue weighted by atomic mass is 16.5. The van der Waals surface area contributed by atoms with Gasteiger partial charge in [0.25, 0.3) is 0 Å². The molecule has 1 aliphatic rings. The van der Waals surface area contributed by atoms with E-state index < -0.39 is 0 Å². The molecule has 0 bridgehead atoms. The van der Waals surface area contributed by atoms with Gasteiger partial charge in [-0.15, -0.1) is 6.58 Å². The Bertz CT molecular complexity index is 225. The van der Waals surface area contributed by atoms with E-state index in [0.29, 0.717) is 6.61 Å². The SMILES string of the molecule is C=CC/C=C/COC(=O)C1CCCCC1. The summed E-state index contributed by atoms with van der Waals surface area (Å²) < 4.78 is 5.17. The van der Waals surface area contributed by atoms with Crippen LogP contribution in [0, 0.1) is 5.92 Å². The first kappa shape index (κ1) is 12.0. The number of hydrogen-bond donors (Lipinski definition) is 0. The lowest BCUT2D eigenvalue weighted by molar-refractivity contribution is -0.148. The number of allylic oxidation sites excluding steroid dienone is 2. The Labute approximate surface area is 92.0 Å². The molecule has 1 fully saturated rings. The molecule has 0 unspecified atom stereocenters. The molecule has 0 aromatic carbocycles. The number of hydrogen-bond acceptors (Lipinski definition) is 2. The first-order valence-corrected chi connectivity index (χ1v) is 5.77. The van der Waals surface area contributed by atoms with Crippen molar-refractivity contribution < 1.29 is 9.53 Å². The van der Waals surface area contributed by atoms with Crippen LogP contribution in [-0.4, -0.2) is 12.6 Å². The molecule has 0 spiro atoms. The maximum Gasteiger partial charge on any atom is 0.309 e. The maximum absolute atomic E-state index is 11.6. The molecule has 2 heteroatoms. The van der Waals surface area contributed by atoms with Crippen molar-refractivity contribution in [3.63, 3.8) is 0 Å². The zero-order valence-corrected chi connectivity index (χ0v) is 9.28. The second-order valence-electron chi connectivity index (χ2n) is 3.96. The Morgan fingerprint density at radius 3 is 2.67 bits per heavy atom. The van der Waals surface area contributed by atoms with E-state index in [1.54, 1.807) is 0 Å². The van der Waals surface area contributed by atoms with Gasteiger partial charge in [-0.3, -0.25) is 4.79 Å². The van der Waals surface area contributed by atoms with E-state index in [0.717, 1.165) is 19.3 Å². The number of carbonyl (C=O) groups excluding carboxylic acids is 1. The van der Waals surface area contributed by atoms with E-state index >= 15 is 0 Å². The van der Waals surface area contributed by atoms with Gasteiger partial charge in [-0.2, -0.15) is 0 Å². The molecule has 0 aliphatic heterocycles. The molecule has 0 aromatic heterocycles. The fourth-order valence-electron chi connectivity index (χ4n) is 1.85. The number of esters is 1. The van der Waals surface area contributed by atoms with Crippen LogP contribution in [0.4, 0.5) is 0 Å². The van der Waals surface area contributed by atoms with Crippen molar-refractivity contribution in [2.75, 3.05) is 6.61 Å².